The summed E-state index contributed by atoms with van der Waals surface area (Å²) < 4.78 is 5.07. The van der Waals surface area contributed by atoms with Gasteiger partial charge in [0, 0.05) is 29.9 Å². The van der Waals surface area contributed by atoms with Crippen molar-refractivity contribution in [3.05, 3.63) is 66.0 Å². The van der Waals surface area contributed by atoms with E-state index in [0.717, 1.165) is 37.6 Å². The lowest BCUT2D eigenvalue weighted by molar-refractivity contribution is 0.0909. The zero-order valence-electron chi connectivity index (χ0n) is 17.7. The zero-order chi connectivity index (χ0) is 20.9. The van der Waals surface area contributed by atoms with Gasteiger partial charge in [0.25, 0.3) is 5.91 Å². The van der Waals surface area contributed by atoms with Crippen LogP contribution in [-0.4, -0.2) is 29.0 Å². The van der Waals surface area contributed by atoms with Crippen molar-refractivity contribution in [1.82, 2.24) is 15.3 Å². The van der Waals surface area contributed by atoms with Crippen LogP contribution in [-0.2, 0) is 0 Å². The fourth-order valence-electron chi connectivity index (χ4n) is 4.61. The first-order valence-electron chi connectivity index (χ1n) is 10.8. The Morgan fingerprint density at radius 3 is 2.60 bits per heavy atom. The Bertz CT molecular complexity index is 995. The Hall–Kier alpha value is -2.95. The lowest BCUT2D eigenvalue weighted by atomic mass is 9.75. The van der Waals surface area contributed by atoms with E-state index in [1.54, 1.807) is 25.4 Å². The molecule has 156 valence electrons. The van der Waals surface area contributed by atoms with E-state index in [0.29, 0.717) is 23.3 Å². The molecule has 0 bridgehead atoms. The maximum absolute atomic E-state index is 12.7. The number of nitrogens with zero attached hydrogens (tertiary/aromatic N) is 2. The highest BCUT2D eigenvalue weighted by molar-refractivity contribution is 5.94. The number of methoxy groups -OCH3 is 1. The largest absolute Gasteiger partial charge is 0.481 e. The van der Waals surface area contributed by atoms with Gasteiger partial charge in [-0.3, -0.25) is 9.78 Å². The number of aromatic nitrogens is 2. The van der Waals surface area contributed by atoms with E-state index in [2.05, 4.69) is 46.5 Å². The molecule has 3 aromatic rings. The number of rotatable bonds is 6. The number of hydrogen-bond donors (Lipinski definition) is 1. The summed E-state index contributed by atoms with van der Waals surface area (Å²) in [5.74, 6) is 1.52. The van der Waals surface area contributed by atoms with Gasteiger partial charge in [0.15, 0.2) is 0 Å². The van der Waals surface area contributed by atoms with Crippen molar-refractivity contribution in [2.45, 2.75) is 51.0 Å². The molecule has 5 heteroatoms. The second kappa shape index (κ2) is 9.24. The molecule has 0 radical (unpaired) electrons. The van der Waals surface area contributed by atoms with E-state index in [4.69, 9.17) is 4.74 Å². The van der Waals surface area contributed by atoms with Crippen molar-refractivity contribution in [3.63, 3.8) is 0 Å². The maximum atomic E-state index is 12.7. The van der Waals surface area contributed by atoms with Crippen LogP contribution in [0.1, 0.15) is 60.9 Å². The van der Waals surface area contributed by atoms with E-state index in [9.17, 15) is 4.79 Å². The molecular weight excluding hydrogens is 374 g/mol. The standard InChI is InChI=1S/C25H29N3O2/c1-3-22(28-25(29)20-12-13-24(30-2)27-15-20)18-10-8-17(9-11-18)21-14-19-6-4-5-7-23(19)26-16-21/h4-7,12-18,22H,3,8-11H2,1-2H3,(H,28,29). The first-order chi connectivity index (χ1) is 14.7. The summed E-state index contributed by atoms with van der Waals surface area (Å²) in [7, 11) is 1.57. The molecule has 1 aliphatic rings. The van der Waals surface area contributed by atoms with Gasteiger partial charge in [-0.1, -0.05) is 25.1 Å². The molecule has 1 aliphatic carbocycles. The zero-order valence-corrected chi connectivity index (χ0v) is 17.7. The minimum Gasteiger partial charge on any atom is -0.481 e. The summed E-state index contributed by atoms with van der Waals surface area (Å²) in [6, 6.07) is 14.3. The van der Waals surface area contributed by atoms with Crippen LogP contribution in [0.25, 0.3) is 10.9 Å². The third-order valence-corrected chi connectivity index (χ3v) is 6.39. The molecule has 1 amide bonds. The lowest BCUT2D eigenvalue weighted by Gasteiger charge is -2.34. The molecule has 5 nitrogen and oxygen atoms in total. The molecule has 2 aromatic heterocycles. The second-order valence-electron chi connectivity index (χ2n) is 8.15. The number of nitrogens with one attached hydrogen (secondary N) is 1. The number of carbonyl (C=O) groups excluding carboxylic acids is 1. The van der Waals surface area contributed by atoms with E-state index in [-0.39, 0.29) is 11.9 Å². The quantitative estimate of drug-likeness (QED) is 0.620. The fraction of sp³-hybridized carbons (Fsp3) is 0.400. The van der Waals surface area contributed by atoms with Crippen LogP contribution in [0, 0.1) is 5.92 Å². The second-order valence-corrected chi connectivity index (χ2v) is 8.15. The number of amides is 1. The molecule has 1 saturated carbocycles. The Morgan fingerprint density at radius 1 is 1.10 bits per heavy atom. The highest BCUT2D eigenvalue weighted by atomic mass is 16.5. The molecule has 1 fully saturated rings. The number of ether oxygens (including phenoxy) is 1. The van der Waals surface area contributed by atoms with Crippen molar-refractivity contribution in [2.24, 2.45) is 5.92 Å². The van der Waals surface area contributed by atoms with Gasteiger partial charge in [-0.15, -0.1) is 0 Å². The third-order valence-electron chi connectivity index (χ3n) is 6.39. The smallest absolute Gasteiger partial charge is 0.253 e. The molecule has 1 atom stereocenters. The molecule has 0 aliphatic heterocycles. The first-order valence-corrected chi connectivity index (χ1v) is 10.8. The molecule has 0 saturated heterocycles. The number of para-hydroxylation sites is 1. The minimum absolute atomic E-state index is 0.0575. The van der Waals surface area contributed by atoms with Crippen molar-refractivity contribution >= 4 is 16.8 Å². The summed E-state index contributed by atoms with van der Waals surface area (Å²) in [5, 5.41) is 4.45. The monoisotopic (exact) mass is 403 g/mol. The minimum atomic E-state index is -0.0575. The normalized spacial score (nSPS) is 19.9. The van der Waals surface area contributed by atoms with Gasteiger partial charge in [-0.25, -0.2) is 4.98 Å². The summed E-state index contributed by atoms with van der Waals surface area (Å²) in [4.78, 5) is 21.4. The van der Waals surface area contributed by atoms with E-state index >= 15 is 0 Å². The molecule has 4 rings (SSSR count). The van der Waals surface area contributed by atoms with Crippen LogP contribution in [0.2, 0.25) is 0 Å². The Balaban J connectivity index is 1.37. The highest BCUT2D eigenvalue weighted by Gasteiger charge is 2.29. The van der Waals surface area contributed by atoms with Crippen molar-refractivity contribution in [1.29, 1.82) is 0 Å². The number of hydrogen-bond acceptors (Lipinski definition) is 4. The summed E-state index contributed by atoms with van der Waals surface area (Å²) >= 11 is 0. The van der Waals surface area contributed by atoms with E-state index < -0.39 is 0 Å². The molecule has 1 aromatic carbocycles. The topological polar surface area (TPSA) is 64.1 Å². The first kappa shape index (κ1) is 20.3. The third kappa shape index (κ3) is 4.45. The maximum Gasteiger partial charge on any atom is 0.253 e. The molecule has 0 spiro atoms. The van der Waals surface area contributed by atoms with Gasteiger partial charge < -0.3 is 10.1 Å². The van der Waals surface area contributed by atoms with E-state index in [1.807, 2.05) is 12.3 Å². The summed E-state index contributed by atoms with van der Waals surface area (Å²) in [5.41, 5.74) is 2.97. The average Bonchev–Trinajstić information content (AvgIpc) is 2.82. The van der Waals surface area contributed by atoms with Crippen LogP contribution >= 0.6 is 0 Å². The molecular formula is C25H29N3O2. The lowest BCUT2D eigenvalue weighted by Crippen LogP contribution is -2.41. The molecule has 30 heavy (non-hydrogen) atoms. The number of pyridine rings is 2. The number of carbonyl (C=O) groups is 1. The Kier molecular flexibility index (Phi) is 6.26. The van der Waals surface area contributed by atoms with Gasteiger partial charge in [-0.2, -0.15) is 0 Å². The van der Waals surface area contributed by atoms with Crippen molar-refractivity contribution < 1.29 is 9.53 Å². The highest BCUT2D eigenvalue weighted by Crippen LogP contribution is 2.38. The van der Waals surface area contributed by atoms with Crippen LogP contribution in [0.4, 0.5) is 0 Å². The average molecular weight is 404 g/mol. The summed E-state index contributed by atoms with van der Waals surface area (Å²) in [6.07, 6.45) is 9.08. The van der Waals surface area contributed by atoms with Crippen LogP contribution in [0.3, 0.4) is 0 Å². The Morgan fingerprint density at radius 2 is 1.90 bits per heavy atom. The van der Waals surface area contributed by atoms with E-state index in [1.165, 1.54) is 10.9 Å². The van der Waals surface area contributed by atoms with Crippen LogP contribution in [0.5, 0.6) is 5.88 Å². The molecule has 1 N–H and O–H groups in total. The van der Waals surface area contributed by atoms with Gasteiger partial charge >= 0.3 is 0 Å². The number of benzene rings is 1. The molecule has 1 unspecified atom stereocenters. The predicted octanol–water partition coefficient (Wildman–Crippen LogP) is 5.12. The van der Waals surface area contributed by atoms with Gasteiger partial charge in [0.2, 0.25) is 5.88 Å². The predicted molar refractivity (Wildman–Crippen MR) is 119 cm³/mol. The van der Waals surface area contributed by atoms with Gasteiger partial charge in [0.1, 0.15) is 0 Å². The molecule has 2 heterocycles. The van der Waals surface area contributed by atoms with Gasteiger partial charge in [-0.05, 0) is 67.7 Å². The Labute approximate surface area is 177 Å². The van der Waals surface area contributed by atoms with Crippen molar-refractivity contribution in [2.75, 3.05) is 7.11 Å². The van der Waals surface area contributed by atoms with Crippen LogP contribution < -0.4 is 10.1 Å². The van der Waals surface area contributed by atoms with Gasteiger partial charge in [0.05, 0.1) is 18.2 Å². The fourth-order valence-corrected chi connectivity index (χ4v) is 4.61. The number of fused-ring (bicyclic) bond motifs is 1. The SMILES string of the molecule is CCC(NC(=O)c1ccc(OC)nc1)C1CCC(c2cnc3ccccc3c2)CC1. The summed E-state index contributed by atoms with van der Waals surface area (Å²) in [6.45, 7) is 2.15. The van der Waals surface area contributed by atoms with Crippen LogP contribution in [0.15, 0.2) is 54.9 Å². The van der Waals surface area contributed by atoms with Crippen molar-refractivity contribution in [3.8, 4) is 5.88 Å².